The lowest BCUT2D eigenvalue weighted by Gasteiger charge is -2.10. The number of para-hydroxylation sites is 1. The number of amides is 1. The number of ether oxygens (including phenoxy) is 2. The van der Waals surface area contributed by atoms with Gasteiger partial charge in [-0.15, -0.1) is 0 Å². The second kappa shape index (κ2) is 10.2. The SMILES string of the molecule is COc1ccccc1CNC(=O)COC(=O)CNS(=O)(=O)c1cccc(Br)c1. The lowest BCUT2D eigenvalue weighted by atomic mass is 10.2. The number of hydrogen-bond acceptors (Lipinski definition) is 6. The van der Waals surface area contributed by atoms with E-state index in [0.717, 1.165) is 5.56 Å². The summed E-state index contributed by atoms with van der Waals surface area (Å²) < 4.78 is 36.9. The number of esters is 1. The zero-order valence-corrected chi connectivity index (χ0v) is 17.4. The number of sulfonamides is 1. The monoisotopic (exact) mass is 470 g/mol. The summed E-state index contributed by atoms with van der Waals surface area (Å²) in [5.41, 5.74) is 0.770. The third kappa shape index (κ3) is 6.63. The van der Waals surface area contributed by atoms with Crippen LogP contribution in [0.25, 0.3) is 0 Å². The first kappa shape index (κ1) is 21.9. The Balaban J connectivity index is 1.76. The maximum atomic E-state index is 12.1. The first-order valence-corrected chi connectivity index (χ1v) is 10.4. The molecule has 0 radical (unpaired) electrons. The maximum absolute atomic E-state index is 12.1. The van der Waals surface area contributed by atoms with E-state index in [1.54, 1.807) is 36.4 Å². The third-order valence-corrected chi connectivity index (χ3v) is 5.44. The molecule has 0 aliphatic heterocycles. The standard InChI is InChI=1S/C18H19BrN2O6S/c1-26-16-8-3-2-5-13(16)10-20-17(22)12-27-18(23)11-21-28(24,25)15-7-4-6-14(19)9-15/h2-9,21H,10-12H2,1H3,(H,20,22). The quantitative estimate of drug-likeness (QED) is 0.538. The first-order valence-electron chi connectivity index (χ1n) is 8.11. The highest BCUT2D eigenvalue weighted by Gasteiger charge is 2.17. The second-order valence-electron chi connectivity index (χ2n) is 5.53. The number of rotatable bonds is 9. The van der Waals surface area contributed by atoms with Crippen LogP contribution in [0.4, 0.5) is 0 Å². The van der Waals surface area contributed by atoms with Crippen molar-refractivity contribution >= 4 is 37.8 Å². The van der Waals surface area contributed by atoms with Gasteiger partial charge in [-0.05, 0) is 24.3 Å². The van der Waals surface area contributed by atoms with Gasteiger partial charge in [0.05, 0.1) is 12.0 Å². The molecule has 0 aliphatic rings. The Bertz CT molecular complexity index is 949. The Morgan fingerprint density at radius 2 is 1.86 bits per heavy atom. The van der Waals surface area contributed by atoms with Crippen LogP contribution in [-0.2, 0) is 30.9 Å². The Labute approximate surface area is 171 Å². The van der Waals surface area contributed by atoms with Crippen molar-refractivity contribution in [2.45, 2.75) is 11.4 Å². The number of methoxy groups -OCH3 is 1. The molecule has 0 heterocycles. The molecule has 0 aliphatic carbocycles. The van der Waals surface area contributed by atoms with E-state index in [4.69, 9.17) is 9.47 Å². The van der Waals surface area contributed by atoms with Crippen LogP contribution in [0.2, 0.25) is 0 Å². The molecule has 2 rings (SSSR count). The van der Waals surface area contributed by atoms with Gasteiger partial charge < -0.3 is 14.8 Å². The topological polar surface area (TPSA) is 111 Å². The smallest absolute Gasteiger partial charge is 0.321 e. The van der Waals surface area contributed by atoms with Crippen LogP contribution in [-0.4, -0.2) is 40.6 Å². The highest BCUT2D eigenvalue weighted by atomic mass is 79.9. The van der Waals surface area contributed by atoms with Crippen molar-refractivity contribution < 1.29 is 27.5 Å². The van der Waals surface area contributed by atoms with Crippen LogP contribution in [0.3, 0.4) is 0 Å². The Hall–Kier alpha value is -2.43. The third-order valence-electron chi connectivity index (χ3n) is 3.55. The van der Waals surface area contributed by atoms with Crippen molar-refractivity contribution in [1.82, 2.24) is 10.0 Å². The summed E-state index contributed by atoms with van der Waals surface area (Å²) in [4.78, 5) is 23.5. The molecular weight excluding hydrogens is 452 g/mol. The number of halogens is 1. The Morgan fingerprint density at radius 3 is 2.57 bits per heavy atom. The molecule has 150 valence electrons. The fourth-order valence-corrected chi connectivity index (χ4v) is 3.73. The molecule has 0 fully saturated rings. The molecule has 0 spiro atoms. The van der Waals surface area contributed by atoms with E-state index in [2.05, 4.69) is 26.0 Å². The van der Waals surface area contributed by atoms with Gasteiger partial charge in [0.25, 0.3) is 5.91 Å². The molecule has 2 N–H and O–H groups in total. The molecule has 0 saturated heterocycles. The first-order chi connectivity index (χ1) is 13.3. The molecular formula is C18H19BrN2O6S. The highest BCUT2D eigenvalue weighted by Crippen LogP contribution is 2.17. The average Bonchev–Trinajstić information content (AvgIpc) is 2.69. The second-order valence-corrected chi connectivity index (χ2v) is 8.21. The van der Waals surface area contributed by atoms with E-state index in [0.29, 0.717) is 10.2 Å². The van der Waals surface area contributed by atoms with Crippen LogP contribution in [0.1, 0.15) is 5.56 Å². The fourth-order valence-electron chi connectivity index (χ4n) is 2.16. The van der Waals surface area contributed by atoms with Gasteiger partial charge in [-0.25, -0.2) is 8.42 Å². The number of carbonyl (C=O) groups excluding carboxylic acids is 2. The molecule has 28 heavy (non-hydrogen) atoms. The number of benzene rings is 2. The normalized spacial score (nSPS) is 10.9. The molecule has 0 unspecified atom stereocenters. The summed E-state index contributed by atoms with van der Waals surface area (Å²) >= 11 is 3.18. The van der Waals surface area contributed by atoms with E-state index in [1.165, 1.54) is 19.2 Å². The van der Waals surface area contributed by atoms with Gasteiger partial charge in [0, 0.05) is 16.6 Å². The van der Waals surface area contributed by atoms with Gasteiger partial charge in [0.15, 0.2) is 6.61 Å². The van der Waals surface area contributed by atoms with Crippen molar-refractivity contribution in [2.75, 3.05) is 20.3 Å². The molecule has 8 nitrogen and oxygen atoms in total. The zero-order chi connectivity index (χ0) is 20.6. The van der Waals surface area contributed by atoms with Crippen LogP contribution >= 0.6 is 15.9 Å². The predicted molar refractivity (Wildman–Crippen MR) is 105 cm³/mol. The van der Waals surface area contributed by atoms with E-state index in [-0.39, 0.29) is 11.4 Å². The molecule has 2 aromatic carbocycles. The molecule has 0 bridgehead atoms. The van der Waals surface area contributed by atoms with Crippen molar-refractivity contribution in [3.63, 3.8) is 0 Å². The van der Waals surface area contributed by atoms with Crippen LogP contribution < -0.4 is 14.8 Å². The van der Waals surface area contributed by atoms with Gasteiger partial charge in [-0.1, -0.05) is 40.2 Å². The van der Waals surface area contributed by atoms with Crippen molar-refractivity contribution in [2.24, 2.45) is 0 Å². The Kier molecular flexibility index (Phi) is 7.97. The van der Waals surface area contributed by atoms with Gasteiger partial charge in [-0.2, -0.15) is 4.72 Å². The van der Waals surface area contributed by atoms with Crippen molar-refractivity contribution in [3.05, 3.63) is 58.6 Å². The summed E-state index contributed by atoms with van der Waals surface area (Å²) in [7, 11) is -2.34. The largest absolute Gasteiger partial charge is 0.496 e. The van der Waals surface area contributed by atoms with E-state index >= 15 is 0 Å². The minimum atomic E-state index is -3.87. The fraction of sp³-hybridized carbons (Fsp3) is 0.222. The van der Waals surface area contributed by atoms with Gasteiger partial charge in [-0.3, -0.25) is 9.59 Å². The maximum Gasteiger partial charge on any atom is 0.321 e. The van der Waals surface area contributed by atoms with Crippen molar-refractivity contribution in [1.29, 1.82) is 0 Å². The van der Waals surface area contributed by atoms with Crippen LogP contribution in [0.5, 0.6) is 5.75 Å². The molecule has 0 saturated carbocycles. The minimum absolute atomic E-state index is 0.00391. The average molecular weight is 471 g/mol. The van der Waals surface area contributed by atoms with E-state index < -0.39 is 35.1 Å². The van der Waals surface area contributed by atoms with E-state index in [1.807, 2.05) is 0 Å². The molecule has 0 aromatic heterocycles. The summed E-state index contributed by atoms with van der Waals surface area (Å²) in [5, 5.41) is 2.59. The molecule has 1 amide bonds. The molecule has 2 aromatic rings. The van der Waals surface area contributed by atoms with Crippen molar-refractivity contribution in [3.8, 4) is 5.75 Å². The zero-order valence-electron chi connectivity index (χ0n) is 15.0. The van der Waals surface area contributed by atoms with Gasteiger partial charge >= 0.3 is 5.97 Å². The molecule has 0 atom stereocenters. The summed E-state index contributed by atoms with van der Waals surface area (Å²) in [6.45, 7) is -0.906. The highest BCUT2D eigenvalue weighted by molar-refractivity contribution is 9.10. The number of carbonyl (C=O) groups is 2. The van der Waals surface area contributed by atoms with Gasteiger partial charge in [0.2, 0.25) is 10.0 Å². The number of nitrogens with one attached hydrogen (secondary N) is 2. The predicted octanol–water partition coefficient (Wildman–Crippen LogP) is 1.60. The molecule has 10 heteroatoms. The van der Waals surface area contributed by atoms with Crippen LogP contribution in [0, 0.1) is 0 Å². The number of hydrogen-bond donors (Lipinski definition) is 2. The summed E-state index contributed by atoms with van der Waals surface area (Å²) in [6.07, 6.45) is 0. The lowest BCUT2D eigenvalue weighted by Crippen LogP contribution is -2.33. The lowest BCUT2D eigenvalue weighted by molar-refractivity contribution is -0.147. The van der Waals surface area contributed by atoms with E-state index in [9.17, 15) is 18.0 Å². The summed E-state index contributed by atoms with van der Waals surface area (Å²) in [6, 6.07) is 13.2. The summed E-state index contributed by atoms with van der Waals surface area (Å²) in [5.74, 6) is -0.762. The van der Waals surface area contributed by atoms with Gasteiger partial charge in [0.1, 0.15) is 12.3 Å². The Morgan fingerprint density at radius 1 is 1.11 bits per heavy atom. The van der Waals surface area contributed by atoms with Crippen LogP contribution in [0.15, 0.2) is 57.9 Å². The minimum Gasteiger partial charge on any atom is -0.496 e.